The highest BCUT2D eigenvalue weighted by Crippen LogP contribution is 2.34. The van der Waals surface area contributed by atoms with Gasteiger partial charge in [-0.25, -0.2) is 0 Å². The summed E-state index contributed by atoms with van der Waals surface area (Å²) in [5, 5.41) is 0. The van der Waals surface area contributed by atoms with E-state index in [9.17, 15) is 0 Å². The van der Waals surface area contributed by atoms with Crippen molar-refractivity contribution in [3.8, 4) is 23.0 Å². The normalized spacial score (nSPS) is 12.1. The van der Waals surface area contributed by atoms with E-state index < -0.39 is 0 Å². The first-order valence-electron chi connectivity index (χ1n) is 9.93. The highest BCUT2D eigenvalue weighted by Gasteiger charge is 2.15. The number of aryl methyl sites for hydroxylation is 4. The van der Waals surface area contributed by atoms with E-state index in [0.29, 0.717) is 6.79 Å². The van der Waals surface area contributed by atoms with Crippen molar-refractivity contribution in [3.05, 3.63) is 82.9 Å². The number of hydrogen-bond acceptors (Lipinski definition) is 4. The molecule has 0 N–H and O–H groups in total. The Kier molecular flexibility index (Phi) is 5.89. The van der Waals surface area contributed by atoms with E-state index >= 15 is 0 Å². The molecule has 0 radical (unpaired) electrons. The molecule has 0 unspecified atom stereocenters. The Labute approximate surface area is 172 Å². The molecule has 0 amide bonds. The lowest BCUT2D eigenvalue weighted by atomic mass is 9.97. The Balaban J connectivity index is 1.51. The summed E-state index contributed by atoms with van der Waals surface area (Å²) in [6, 6.07) is 20.9. The van der Waals surface area contributed by atoms with Crippen LogP contribution in [0.5, 0.6) is 23.0 Å². The third kappa shape index (κ3) is 4.48. The SMILES string of the molecule is COc1cc(OC)c(CCc2ccc3c(c2)OCO3)cc1CCc1ccccc1. The predicted molar refractivity (Wildman–Crippen MR) is 113 cm³/mol. The van der Waals surface area contributed by atoms with Crippen molar-refractivity contribution in [3.63, 3.8) is 0 Å². The molecular weight excluding hydrogens is 364 g/mol. The van der Waals surface area contributed by atoms with Crippen molar-refractivity contribution in [1.29, 1.82) is 0 Å². The zero-order chi connectivity index (χ0) is 20.1. The smallest absolute Gasteiger partial charge is 0.231 e. The van der Waals surface area contributed by atoms with Gasteiger partial charge in [-0.05, 0) is 66.1 Å². The Bertz CT molecular complexity index is 966. The lowest BCUT2D eigenvalue weighted by molar-refractivity contribution is 0.174. The lowest BCUT2D eigenvalue weighted by Crippen LogP contribution is -2.02. The number of fused-ring (bicyclic) bond motifs is 1. The fraction of sp³-hybridized carbons (Fsp3) is 0.280. The maximum Gasteiger partial charge on any atom is 0.231 e. The molecule has 1 aliphatic rings. The first kappa shape index (κ1) is 19.2. The fourth-order valence-corrected chi connectivity index (χ4v) is 3.73. The van der Waals surface area contributed by atoms with Gasteiger partial charge in [-0.3, -0.25) is 0 Å². The summed E-state index contributed by atoms with van der Waals surface area (Å²) in [4.78, 5) is 0. The molecule has 0 atom stereocenters. The largest absolute Gasteiger partial charge is 0.496 e. The zero-order valence-electron chi connectivity index (χ0n) is 16.9. The van der Waals surface area contributed by atoms with Crippen LogP contribution in [0.1, 0.15) is 22.3 Å². The highest BCUT2D eigenvalue weighted by molar-refractivity contribution is 5.48. The van der Waals surface area contributed by atoms with Crippen LogP contribution in [0.15, 0.2) is 60.7 Å². The van der Waals surface area contributed by atoms with Crippen molar-refractivity contribution in [2.75, 3.05) is 21.0 Å². The first-order chi connectivity index (χ1) is 14.3. The van der Waals surface area contributed by atoms with Crippen LogP contribution in [0.2, 0.25) is 0 Å². The van der Waals surface area contributed by atoms with Crippen LogP contribution in [0, 0.1) is 0 Å². The Morgan fingerprint density at radius 1 is 0.655 bits per heavy atom. The van der Waals surface area contributed by atoms with E-state index in [1.807, 2.05) is 18.2 Å². The molecule has 0 saturated carbocycles. The van der Waals surface area contributed by atoms with Gasteiger partial charge in [-0.1, -0.05) is 36.4 Å². The number of rotatable bonds is 8. The van der Waals surface area contributed by atoms with E-state index in [2.05, 4.69) is 42.5 Å². The number of benzene rings is 3. The lowest BCUT2D eigenvalue weighted by Gasteiger charge is -2.15. The molecule has 29 heavy (non-hydrogen) atoms. The van der Waals surface area contributed by atoms with Crippen LogP contribution in [-0.2, 0) is 25.7 Å². The van der Waals surface area contributed by atoms with Crippen LogP contribution in [0.4, 0.5) is 0 Å². The molecule has 0 aromatic heterocycles. The average molecular weight is 390 g/mol. The number of methoxy groups -OCH3 is 2. The molecule has 4 nitrogen and oxygen atoms in total. The minimum atomic E-state index is 0.301. The second-order valence-corrected chi connectivity index (χ2v) is 7.15. The monoisotopic (exact) mass is 390 g/mol. The summed E-state index contributed by atoms with van der Waals surface area (Å²) in [7, 11) is 3.43. The van der Waals surface area contributed by atoms with Gasteiger partial charge in [-0.2, -0.15) is 0 Å². The van der Waals surface area contributed by atoms with E-state index in [1.165, 1.54) is 22.3 Å². The van der Waals surface area contributed by atoms with Crippen molar-refractivity contribution < 1.29 is 18.9 Å². The molecule has 0 saturated heterocycles. The molecular formula is C25H26O4. The molecule has 3 aromatic carbocycles. The molecule has 1 heterocycles. The molecule has 4 heteroatoms. The minimum absolute atomic E-state index is 0.301. The molecule has 4 rings (SSSR count). The second-order valence-electron chi connectivity index (χ2n) is 7.15. The number of hydrogen-bond donors (Lipinski definition) is 0. The maximum absolute atomic E-state index is 5.64. The Hall–Kier alpha value is -3.14. The second kappa shape index (κ2) is 8.91. The molecule has 3 aromatic rings. The summed E-state index contributed by atoms with van der Waals surface area (Å²) in [6.07, 6.45) is 3.68. The molecule has 150 valence electrons. The quantitative estimate of drug-likeness (QED) is 0.542. The highest BCUT2D eigenvalue weighted by atomic mass is 16.7. The molecule has 1 aliphatic heterocycles. The van der Waals surface area contributed by atoms with Crippen LogP contribution < -0.4 is 18.9 Å². The van der Waals surface area contributed by atoms with Crippen LogP contribution in [0.3, 0.4) is 0 Å². The summed E-state index contributed by atoms with van der Waals surface area (Å²) in [6.45, 7) is 0.301. The summed E-state index contributed by atoms with van der Waals surface area (Å²) in [5.41, 5.74) is 4.94. The van der Waals surface area contributed by atoms with Gasteiger partial charge in [0.1, 0.15) is 11.5 Å². The van der Waals surface area contributed by atoms with E-state index in [-0.39, 0.29) is 0 Å². The van der Waals surface area contributed by atoms with E-state index in [4.69, 9.17) is 18.9 Å². The van der Waals surface area contributed by atoms with Gasteiger partial charge in [0.2, 0.25) is 6.79 Å². The minimum Gasteiger partial charge on any atom is -0.496 e. The van der Waals surface area contributed by atoms with E-state index in [0.717, 1.165) is 48.7 Å². The maximum atomic E-state index is 5.64. The molecule has 0 bridgehead atoms. The van der Waals surface area contributed by atoms with Crippen molar-refractivity contribution in [2.24, 2.45) is 0 Å². The van der Waals surface area contributed by atoms with Gasteiger partial charge < -0.3 is 18.9 Å². The van der Waals surface area contributed by atoms with Crippen LogP contribution >= 0.6 is 0 Å². The summed E-state index contributed by atoms with van der Waals surface area (Å²) in [5.74, 6) is 3.39. The van der Waals surface area contributed by atoms with Crippen molar-refractivity contribution in [2.45, 2.75) is 25.7 Å². The van der Waals surface area contributed by atoms with Gasteiger partial charge in [0.15, 0.2) is 11.5 Å². The summed E-state index contributed by atoms with van der Waals surface area (Å²) < 4.78 is 22.2. The third-order valence-electron chi connectivity index (χ3n) is 5.33. The van der Waals surface area contributed by atoms with E-state index in [1.54, 1.807) is 14.2 Å². The molecule has 0 spiro atoms. The zero-order valence-corrected chi connectivity index (χ0v) is 16.9. The van der Waals surface area contributed by atoms with Crippen LogP contribution in [0.25, 0.3) is 0 Å². The standard InChI is InChI=1S/C25H26O4/c1-26-23-16-24(27-2)21(15-20(23)11-8-18-6-4-3-5-7-18)12-9-19-10-13-22-25(14-19)29-17-28-22/h3-7,10,13-16H,8-9,11-12,17H2,1-2H3. The van der Waals surface area contributed by atoms with Gasteiger partial charge in [0, 0.05) is 6.07 Å². The molecule has 0 aliphatic carbocycles. The van der Waals surface area contributed by atoms with Gasteiger partial charge >= 0.3 is 0 Å². The topological polar surface area (TPSA) is 36.9 Å². The van der Waals surface area contributed by atoms with Gasteiger partial charge in [0.05, 0.1) is 14.2 Å². The predicted octanol–water partition coefficient (Wildman–Crippen LogP) is 5.00. The Morgan fingerprint density at radius 3 is 2.00 bits per heavy atom. The van der Waals surface area contributed by atoms with Crippen LogP contribution in [-0.4, -0.2) is 21.0 Å². The van der Waals surface area contributed by atoms with Gasteiger partial charge in [0.25, 0.3) is 0 Å². The summed E-state index contributed by atoms with van der Waals surface area (Å²) >= 11 is 0. The van der Waals surface area contributed by atoms with Crippen molar-refractivity contribution >= 4 is 0 Å². The number of ether oxygens (including phenoxy) is 4. The first-order valence-corrected chi connectivity index (χ1v) is 9.93. The third-order valence-corrected chi connectivity index (χ3v) is 5.33. The Morgan fingerprint density at radius 2 is 1.31 bits per heavy atom. The molecule has 0 fully saturated rings. The fourth-order valence-electron chi connectivity index (χ4n) is 3.73. The average Bonchev–Trinajstić information content (AvgIpc) is 3.24. The van der Waals surface area contributed by atoms with Gasteiger partial charge in [-0.15, -0.1) is 0 Å². The van der Waals surface area contributed by atoms with Crippen molar-refractivity contribution in [1.82, 2.24) is 0 Å².